The molecule has 0 aromatic heterocycles. The van der Waals surface area contributed by atoms with Crippen LogP contribution in [0.2, 0.25) is 0 Å². The number of carbonyl (C=O) groups is 1. The van der Waals surface area contributed by atoms with E-state index in [4.69, 9.17) is 0 Å². The highest BCUT2D eigenvalue weighted by Crippen LogP contribution is 2.32. The minimum absolute atomic E-state index is 0.295. The Morgan fingerprint density at radius 1 is 1.43 bits per heavy atom. The number of rotatable bonds is 4. The van der Waals surface area contributed by atoms with E-state index in [0.717, 1.165) is 0 Å². The zero-order valence-corrected chi connectivity index (χ0v) is 11.8. The van der Waals surface area contributed by atoms with E-state index >= 15 is 0 Å². The third-order valence-electron chi connectivity index (χ3n) is 2.96. The molecule has 4 nitrogen and oxygen atoms in total. The molecule has 2 atom stereocenters. The van der Waals surface area contributed by atoms with Crippen molar-refractivity contribution in [3.05, 3.63) is 24.3 Å². The number of aliphatic hydroxyl groups is 1. The minimum atomic E-state index is -4.26. The molecule has 1 aromatic rings. The normalized spacial score (nSPS) is 22.3. The van der Waals surface area contributed by atoms with Crippen LogP contribution in [-0.2, 0) is 4.79 Å². The van der Waals surface area contributed by atoms with Crippen molar-refractivity contribution in [2.45, 2.75) is 29.6 Å². The highest BCUT2D eigenvalue weighted by Gasteiger charge is 2.30. The average molecular weight is 320 g/mol. The molecule has 0 saturated carbocycles. The van der Waals surface area contributed by atoms with E-state index in [1.807, 2.05) is 0 Å². The monoisotopic (exact) mass is 320 g/mol. The van der Waals surface area contributed by atoms with Crippen LogP contribution in [-0.4, -0.2) is 41.6 Å². The second-order valence-corrected chi connectivity index (χ2v) is 5.76. The van der Waals surface area contributed by atoms with Gasteiger partial charge in [-0.25, -0.2) is 0 Å². The number of thioether (sulfide) groups is 1. The van der Waals surface area contributed by atoms with Crippen LogP contribution in [0.3, 0.4) is 0 Å². The molecule has 2 unspecified atom stereocenters. The van der Waals surface area contributed by atoms with Gasteiger partial charge in [0.25, 0.3) is 0 Å². The molecule has 3 N–H and O–H groups in total. The number of hydrogen-bond acceptors (Lipinski definition) is 4. The maximum Gasteiger partial charge on any atom is 0.398 e. The van der Waals surface area contributed by atoms with Crippen LogP contribution in [0, 0.1) is 0 Å². The molecule has 1 aliphatic rings. The number of amides is 1. The van der Waals surface area contributed by atoms with Crippen molar-refractivity contribution in [2.75, 3.05) is 17.6 Å². The lowest BCUT2D eigenvalue weighted by atomic mass is 10.2. The fourth-order valence-corrected chi connectivity index (χ4v) is 2.76. The summed E-state index contributed by atoms with van der Waals surface area (Å²) in [5, 5.41) is 14.8. The van der Waals surface area contributed by atoms with Gasteiger partial charge in [0.05, 0.1) is 23.6 Å². The molecule has 1 fully saturated rings. The summed E-state index contributed by atoms with van der Waals surface area (Å²) in [6.07, 6.45) is -4.54. The smallest absolute Gasteiger partial charge is 0.392 e. The highest BCUT2D eigenvalue weighted by molar-refractivity contribution is 7.99. The van der Waals surface area contributed by atoms with Gasteiger partial charge in [-0.3, -0.25) is 4.79 Å². The quantitative estimate of drug-likeness (QED) is 0.743. The number of nitrogens with one attached hydrogen (secondary N) is 2. The van der Waals surface area contributed by atoms with E-state index in [1.54, 1.807) is 18.2 Å². The summed E-state index contributed by atoms with van der Waals surface area (Å²) in [4.78, 5) is 12.4. The second kappa shape index (κ2) is 6.67. The number of benzene rings is 1. The van der Waals surface area contributed by atoms with Gasteiger partial charge in [-0.05, 0) is 18.6 Å². The Morgan fingerprint density at radius 2 is 2.14 bits per heavy atom. The predicted octanol–water partition coefficient (Wildman–Crippen LogP) is 2.00. The molecule has 8 heteroatoms. The van der Waals surface area contributed by atoms with Crippen LogP contribution < -0.4 is 10.6 Å². The molecule has 2 rings (SSSR count). The number of anilines is 1. The summed E-state index contributed by atoms with van der Waals surface area (Å²) >= 11 is 0.630. The zero-order valence-electron chi connectivity index (χ0n) is 11.0. The van der Waals surface area contributed by atoms with Gasteiger partial charge in [0.15, 0.2) is 0 Å². The molecule has 1 aromatic carbocycles. The van der Waals surface area contributed by atoms with E-state index in [2.05, 4.69) is 10.6 Å². The number of hydrogen-bond donors (Lipinski definition) is 3. The lowest BCUT2D eigenvalue weighted by Gasteiger charge is -2.14. The van der Waals surface area contributed by atoms with Gasteiger partial charge in [0.1, 0.15) is 0 Å². The van der Waals surface area contributed by atoms with E-state index in [1.165, 1.54) is 6.07 Å². The fourth-order valence-electron chi connectivity index (χ4n) is 1.99. The molecule has 0 aliphatic carbocycles. The van der Waals surface area contributed by atoms with Crippen molar-refractivity contribution < 1.29 is 23.1 Å². The van der Waals surface area contributed by atoms with Gasteiger partial charge in [-0.2, -0.15) is 13.2 Å². The first-order valence-corrected chi connectivity index (χ1v) is 7.34. The van der Waals surface area contributed by atoms with Crippen LogP contribution in [0.1, 0.15) is 6.42 Å². The third-order valence-corrected chi connectivity index (χ3v) is 4.10. The zero-order chi connectivity index (χ0) is 15.5. The van der Waals surface area contributed by atoms with Crippen molar-refractivity contribution >= 4 is 23.4 Å². The van der Waals surface area contributed by atoms with E-state index < -0.39 is 24.1 Å². The molecule has 0 bridgehead atoms. The van der Waals surface area contributed by atoms with Crippen molar-refractivity contribution in [3.8, 4) is 0 Å². The first-order chi connectivity index (χ1) is 9.85. The first kappa shape index (κ1) is 16.1. The summed E-state index contributed by atoms with van der Waals surface area (Å²) in [7, 11) is 0. The molecule has 116 valence electrons. The maximum atomic E-state index is 12.3. The standard InChI is InChI=1S/C13H15F3N2O2S/c14-13(15,16)7-21-11-4-2-1-3-9(11)18-12(20)10-5-8(19)6-17-10/h1-4,8,10,17,19H,5-7H2,(H,18,20). The maximum absolute atomic E-state index is 12.3. The molecular formula is C13H15F3N2O2S. The van der Waals surface area contributed by atoms with E-state index in [0.29, 0.717) is 35.3 Å². The van der Waals surface area contributed by atoms with E-state index in [9.17, 15) is 23.1 Å². The van der Waals surface area contributed by atoms with Crippen molar-refractivity contribution in [1.29, 1.82) is 0 Å². The molecular weight excluding hydrogens is 305 g/mol. The summed E-state index contributed by atoms with van der Waals surface area (Å²) in [6, 6.07) is 5.82. The van der Waals surface area contributed by atoms with Crippen LogP contribution in [0.5, 0.6) is 0 Å². The van der Waals surface area contributed by atoms with Gasteiger partial charge in [0.2, 0.25) is 5.91 Å². The highest BCUT2D eigenvalue weighted by atomic mass is 32.2. The SMILES string of the molecule is O=C(Nc1ccccc1SCC(F)(F)F)C1CC(O)CN1. The van der Waals surface area contributed by atoms with Crippen molar-refractivity contribution in [3.63, 3.8) is 0 Å². The summed E-state index contributed by atoms with van der Waals surface area (Å²) in [5.41, 5.74) is 0.347. The number of halogens is 3. The number of carbonyl (C=O) groups excluding carboxylic acids is 1. The Balaban J connectivity index is 2.01. The lowest BCUT2D eigenvalue weighted by Crippen LogP contribution is -2.35. The van der Waals surface area contributed by atoms with Gasteiger partial charge in [-0.1, -0.05) is 12.1 Å². The summed E-state index contributed by atoms with van der Waals surface area (Å²) in [6.45, 7) is 0.336. The van der Waals surface area contributed by atoms with Gasteiger partial charge < -0.3 is 15.7 Å². The van der Waals surface area contributed by atoms with Crippen molar-refractivity contribution in [1.82, 2.24) is 5.32 Å². The molecule has 1 amide bonds. The molecule has 0 spiro atoms. The van der Waals surface area contributed by atoms with Crippen LogP contribution in [0.15, 0.2) is 29.2 Å². The summed E-state index contributed by atoms with van der Waals surface area (Å²) in [5.74, 6) is -1.37. The average Bonchev–Trinajstić information content (AvgIpc) is 2.83. The van der Waals surface area contributed by atoms with Gasteiger partial charge >= 0.3 is 6.18 Å². The molecule has 1 saturated heterocycles. The molecule has 0 radical (unpaired) electrons. The summed E-state index contributed by atoms with van der Waals surface area (Å²) < 4.78 is 36.8. The minimum Gasteiger partial charge on any atom is -0.392 e. The van der Waals surface area contributed by atoms with Crippen LogP contribution in [0.25, 0.3) is 0 Å². The van der Waals surface area contributed by atoms with Gasteiger partial charge in [-0.15, -0.1) is 11.8 Å². The van der Waals surface area contributed by atoms with E-state index in [-0.39, 0.29) is 5.91 Å². The molecule has 1 heterocycles. The largest absolute Gasteiger partial charge is 0.398 e. The van der Waals surface area contributed by atoms with Crippen LogP contribution in [0.4, 0.5) is 18.9 Å². The topological polar surface area (TPSA) is 61.4 Å². The van der Waals surface area contributed by atoms with Gasteiger partial charge in [0, 0.05) is 11.4 Å². The Labute approximate surface area is 124 Å². The number of aliphatic hydroxyl groups excluding tert-OH is 1. The fraction of sp³-hybridized carbons (Fsp3) is 0.462. The first-order valence-electron chi connectivity index (χ1n) is 6.36. The van der Waals surface area contributed by atoms with Crippen LogP contribution >= 0.6 is 11.8 Å². The lowest BCUT2D eigenvalue weighted by molar-refractivity contribution is -0.118. The third kappa shape index (κ3) is 4.90. The Hall–Kier alpha value is -1.25. The number of para-hydroxylation sites is 1. The van der Waals surface area contributed by atoms with Crippen molar-refractivity contribution in [2.24, 2.45) is 0 Å². The molecule has 1 aliphatic heterocycles. The Morgan fingerprint density at radius 3 is 2.76 bits per heavy atom. The number of alkyl halides is 3. The predicted molar refractivity (Wildman–Crippen MR) is 74.3 cm³/mol. The Bertz CT molecular complexity index is 510. The Kier molecular flexibility index (Phi) is 5.13. The molecule has 21 heavy (non-hydrogen) atoms. The second-order valence-electron chi connectivity index (χ2n) is 4.74. The number of β-amino-alcohol motifs (C(OH)–C–C–N with tert-alkyl or cyclic N) is 1.